The summed E-state index contributed by atoms with van der Waals surface area (Å²) in [5, 5.41) is 5.88. The van der Waals surface area contributed by atoms with Crippen molar-refractivity contribution in [3.8, 4) is 0 Å². The predicted molar refractivity (Wildman–Crippen MR) is 70.7 cm³/mol. The Bertz CT molecular complexity index is 375. The first-order valence-electron chi connectivity index (χ1n) is 6.40. The van der Waals surface area contributed by atoms with E-state index in [1.165, 1.54) is 0 Å². The molecule has 1 atom stereocenters. The highest BCUT2D eigenvalue weighted by Crippen LogP contribution is 2.18. The van der Waals surface area contributed by atoms with Gasteiger partial charge in [-0.2, -0.15) is 0 Å². The molecule has 1 amide bonds. The minimum atomic E-state index is -3.26. The van der Waals surface area contributed by atoms with E-state index < -0.39 is 15.6 Å². The van der Waals surface area contributed by atoms with Crippen molar-refractivity contribution < 1.29 is 13.2 Å². The monoisotopic (exact) mass is 277 g/mol. The highest BCUT2D eigenvalue weighted by atomic mass is 32.2. The summed E-state index contributed by atoms with van der Waals surface area (Å²) in [5.41, 5.74) is -0.555. The average Bonchev–Trinajstić information content (AvgIpc) is 2.29. The number of sulfonamides is 1. The second-order valence-corrected chi connectivity index (χ2v) is 6.72. The molecule has 0 aromatic rings. The van der Waals surface area contributed by atoms with E-state index in [9.17, 15) is 13.2 Å². The Kier molecular flexibility index (Phi) is 5.55. The van der Waals surface area contributed by atoms with Crippen LogP contribution in [0.5, 0.6) is 0 Å². The molecule has 0 bridgehead atoms. The van der Waals surface area contributed by atoms with Crippen molar-refractivity contribution in [1.29, 1.82) is 0 Å². The smallest absolute Gasteiger partial charge is 0.240 e. The lowest BCUT2D eigenvalue weighted by Crippen LogP contribution is -2.57. The Labute approximate surface area is 109 Å². The van der Waals surface area contributed by atoms with Crippen molar-refractivity contribution in [2.75, 3.05) is 25.4 Å². The van der Waals surface area contributed by atoms with Gasteiger partial charge in [-0.3, -0.25) is 4.79 Å². The van der Waals surface area contributed by atoms with Crippen LogP contribution in [-0.2, 0) is 14.8 Å². The summed E-state index contributed by atoms with van der Waals surface area (Å²) in [4.78, 5) is 12.0. The second kappa shape index (κ2) is 6.49. The van der Waals surface area contributed by atoms with Gasteiger partial charge in [-0.1, -0.05) is 6.92 Å². The van der Waals surface area contributed by atoms with Crippen LogP contribution in [0, 0.1) is 0 Å². The molecular weight excluding hydrogens is 254 g/mol. The van der Waals surface area contributed by atoms with Crippen LogP contribution in [0.2, 0.25) is 0 Å². The van der Waals surface area contributed by atoms with Gasteiger partial charge in [0.15, 0.2) is 0 Å². The lowest BCUT2D eigenvalue weighted by atomic mass is 9.90. The van der Waals surface area contributed by atoms with Crippen LogP contribution in [0.1, 0.15) is 33.1 Å². The fraction of sp³-hybridized carbons (Fsp3) is 0.909. The number of hydrogen-bond donors (Lipinski definition) is 3. The van der Waals surface area contributed by atoms with Gasteiger partial charge in [0.05, 0.1) is 11.3 Å². The summed E-state index contributed by atoms with van der Waals surface area (Å²) >= 11 is 0. The molecule has 1 aliphatic rings. The van der Waals surface area contributed by atoms with Crippen LogP contribution in [-0.4, -0.2) is 45.3 Å². The number of nitrogens with one attached hydrogen (secondary N) is 3. The van der Waals surface area contributed by atoms with Crippen LogP contribution in [0.15, 0.2) is 0 Å². The van der Waals surface area contributed by atoms with E-state index in [4.69, 9.17) is 0 Å². The van der Waals surface area contributed by atoms with Gasteiger partial charge in [-0.05, 0) is 32.7 Å². The highest BCUT2D eigenvalue weighted by Gasteiger charge is 2.33. The summed E-state index contributed by atoms with van der Waals surface area (Å²) in [6, 6.07) is 0. The molecule has 18 heavy (non-hydrogen) atoms. The molecule has 1 fully saturated rings. The molecule has 1 aliphatic heterocycles. The van der Waals surface area contributed by atoms with Crippen molar-refractivity contribution in [3.05, 3.63) is 0 Å². The molecule has 6 nitrogen and oxygen atoms in total. The van der Waals surface area contributed by atoms with E-state index in [1.54, 1.807) is 6.92 Å². The third-order valence-corrected chi connectivity index (χ3v) is 4.61. The first-order valence-corrected chi connectivity index (χ1v) is 8.05. The Morgan fingerprint density at radius 2 is 2.11 bits per heavy atom. The highest BCUT2D eigenvalue weighted by molar-refractivity contribution is 7.89. The molecule has 0 aromatic carbocycles. The van der Waals surface area contributed by atoms with E-state index in [0.29, 0.717) is 6.54 Å². The third-order valence-electron chi connectivity index (χ3n) is 3.14. The molecule has 0 spiro atoms. The van der Waals surface area contributed by atoms with Gasteiger partial charge in [0, 0.05) is 13.1 Å². The summed E-state index contributed by atoms with van der Waals surface area (Å²) in [5.74, 6) is -0.197. The summed E-state index contributed by atoms with van der Waals surface area (Å²) in [6.07, 6.45) is 2.89. The first-order chi connectivity index (χ1) is 8.40. The lowest BCUT2D eigenvalue weighted by molar-refractivity contribution is -0.127. The second-order valence-electron chi connectivity index (χ2n) is 4.79. The van der Waals surface area contributed by atoms with Crippen molar-refractivity contribution in [3.63, 3.8) is 0 Å². The zero-order chi connectivity index (χ0) is 13.6. The molecule has 0 saturated carbocycles. The number of carbonyl (C=O) groups is 1. The fourth-order valence-electron chi connectivity index (χ4n) is 2.04. The average molecular weight is 277 g/mol. The Morgan fingerprint density at radius 1 is 1.39 bits per heavy atom. The van der Waals surface area contributed by atoms with Gasteiger partial charge < -0.3 is 10.6 Å². The summed E-state index contributed by atoms with van der Waals surface area (Å²) in [6.45, 7) is 4.93. The van der Waals surface area contributed by atoms with Gasteiger partial charge in [0.25, 0.3) is 0 Å². The number of hydrogen-bond acceptors (Lipinski definition) is 4. The maximum atomic E-state index is 12.0. The van der Waals surface area contributed by atoms with Crippen molar-refractivity contribution in [1.82, 2.24) is 15.4 Å². The molecule has 0 aromatic heterocycles. The van der Waals surface area contributed by atoms with Gasteiger partial charge >= 0.3 is 0 Å². The van der Waals surface area contributed by atoms with Gasteiger partial charge in [-0.15, -0.1) is 0 Å². The lowest BCUT2D eigenvalue weighted by Gasteiger charge is -2.33. The number of carbonyl (C=O) groups excluding carboxylic acids is 1. The third kappa shape index (κ3) is 4.55. The standard InChI is InChI=1S/C11H23N3O3S/c1-3-14-18(16,17)9-8-12-10(15)11(2)6-4-5-7-13-11/h13-14H,3-9H2,1-2H3,(H,12,15). The molecule has 1 rings (SSSR count). The predicted octanol–water partition coefficient (Wildman–Crippen LogP) is -0.426. The Balaban J connectivity index is 2.37. The topological polar surface area (TPSA) is 87.3 Å². The van der Waals surface area contributed by atoms with Crippen molar-refractivity contribution in [2.45, 2.75) is 38.6 Å². The SMILES string of the molecule is CCNS(=O)(=O)CCNC(=O)C1(C)CCCCN1. The molecule has 3 N–H and O–H groups in total. The zero-order valence-corrected chi connectivity index (χ0v) is 11.9. The van der Waals surface area contributed by atoms with E-state index in [1.807, 2.05) is 6.92 Å². The first kappa shape index (κ1) is 15.4. The Morgan fingerprint density at radius 3 is 2.67 bits per heavy atom. The summed E-state index contributed by atoms with van der Waals surface area (Å²) in [7, 11) is -3.26. The van der Waals surface area contributed by atoms with Crippen LogP contribution >= 0.6 is 0 Å². The quantitative estimate of drug-likeness (QED) is 0.615. The van der Waals surface area contributed by atoms with E-state index in [-0.39, 0.29) is 18.2 Å². The molecule has 1 unspecified atom stereocenters. The molecule has 0 radical (unpaired) electrons. The van der Waals surface area contributed by atoms with Crippen LogP contribution < -0.4 is 15.4 Å². The van der Waals surface area contributed by atoms with Crippen LogP contribution in [0.4, 0.5) is 0 Å². The van der Waals surface area contributed by atoms with Crippen LogP contribution in [0.25, 0.3) is 0 Å². The van der Waals surface area contributed by atoms with E-state index >= 15 is 0 Å². The number of piperidine rings is 1. The minimum Gasteiger partial charge on any atom is -0.353 e. The van der Waals surface area contributed by atoms with Crippen molar-refractivity contribution in [2.24, 2.45) is 0 Å². The van der Waals surface area contributed by atoms with Crippen LogP contribution in [0.3, 0.4) is 0 Å². The maximum absolute atomic E-state index is 12.0. The van der Waals surface area contributed by atoms with Gasteiger partial charge in [0.2, 0.25) is 15.9 Å². The molecular formula is C11H23N3O3S. The molecule has 1 saturated heterocycles. The van der Waals surface area contributed by atoms with Gasteiger partial charge in [-0.25, -0.2) is 13.1 Å². The molecule has 0 aliphatic carbocycles. The van der Waals surface area contributed by atoms with Gasteiger partial charge in [0.1, 0.15) is 0 Å². The molecule has 1 heterocycles. The van der Waals surface area contributed by atoms with Crippen molar-refractivity contribution >= 4 is 15.9 Å². The zero-order valence-electron chi connectivity index (χ0n) is 11.1. The summed E-state index contributed by atoms with van der Waals surface area (Å²) < 4.78 is 25.2. The maximum Gasteiger partial charge on any atom is 0.240 e. The van der Waals surface area contributed by atoms with E-state index in [0.717, 1.165) is 25.8 Å². The normalized spacial score (nSPS) is 24.8. The largest absolute Gasteiger partial charge is 0.353 e. The van der Waals surface area contributed by atoms with E-state index in [2.05, 4.69) is 15.4 Å². The molecule has 106 valence electrons. The fourth-order valence-corrected chi connectivity index (χ4v) is 2.99. The number of amides is 1. The molecule has 7 heteroatoms. The number of rotatable bonds is 6. The Hall–Kier alpha value is -0.660. The minimum absolute atomic E-state index is 0.0807.